The summed E-state index contributed by atoms with van der Waals surface area (Å²) in [6.45, 7) is 6.49. The van der Waals surface area contributed by atoms with Gasteiger partial charge in [0.1, 0.15) is 5.01 Å². The highest BCUT2D eigenvalue weighted by atomic mass is 32.1. The monoisotopic (exact) mass is 468 g/mol. The van der Waals surface area contributed by atoms with E-state index in [1.54, 1.807) is 18.6 Å². The molecule has 0 unspecified atom stereocenters. The summed E-state index contributed by atoms with van der Waals surface area (Å²) in [5.41, 5.74) is 6.00. The lowest BCUT2D eigenvalue weighted by molar-refractivity contribution is 0.0952. The average Bonchev–Trinajstić information content (AvgIpc) is 3.50. The minimum absolute atomic E-state index is 0.120. The van der Waals surface area contributed by atoms with Crippen LogP contribution in [0.3, 0.4) is 0 Å². The first kappa shape index (κ1) is 21.9. The molecule has 1 aromatic carbocycles. The van der Waals surface area contributed by atoms with Crippen LogP contribution < -0.4 is 5.32 Å². The van der Waals surface area contributed by atoms with E-state index in [2.05, 4.69) is 34.2 Å². The molecule has 4 aromatic heterocycles. The number of aryl methyl sites for hydroxylation is 1. The van der Waals surface area contributed by atoms with Crippen LogP contribution in [0, 0.1) is 6.92 Å². The molecule has 0 saturated carbocycles. The van der Waals surface area contributed by atoms with Gasteiger partial charge >= 0.3 is 0 Å². The van der Waals surface area contributed by atoms with Gasteiger partial charge in [0.05, 0.1) is 35.1 Å². The van der Waals surface area contributed by atoms with Crippen molar-refractivity contribution in [2.75, 3.05) is 0 Å². The highest BCUT2D eigenvalue weighted by Crippen LogP contribution is 2.28. The summed E-state index contributed by atoms with van der Waals surface area (Å²) in [6.07, 6.45) is 5.21. The molecule has 0 spiro atoms. The molecule has 1 amide bonds. The van der Waals surface area contributed by atoms with E-state index in [-0.39, 0.29) is 11.9 Å². The maximum atomic E-state index is 13.3. The zero-order chi connectivity index (χ0) is 23.7. The van der Waals surface area contributed by atoms with Gasteiger partial charge in [0, 0.05) is 34.9 Å². The van der Waals surface area contributed by atoms with Crippen LogP contribution in [0.1, 0.15) is 40.8 Å². The van der Waals surface area contributed by atoms with Crippen LogP contribution in [0.4, 0.5) is 0 Å². The highest BCUT2D eigenvalue weighted by molar-refractivity contribution is 7.09. The fourth-order valence-corrected chi connectivity index (χ4v) is 4.62. The predicted molar refractivity (Wildman–Crippen MR) is 135 cm³/mol. The van der Waals surface area contributed by atoms with Gasteiger partial charge in [-0.1, -0.05) is 24.3 Å². The van der Waals surface area contributed by atoms with E-state index in [4.69, 9.17) is 4.98 Å². The Morgan fingerprint density at radius 2 is 1.88 bits per heavy atom. The van der Waals surface area contributed by atoms with Gasteiger partial charge in [-0.3, -0.25) is 9.78 Å². The number of thiazole rings is 1. The van der Waals surface area contributed by atoms with Crippen molar-refractivity contribution >= 4 is 28.3 Å². The summed E-state index contributed by atoms with van der Waals surface area (Å²) in [7, 11) is 0. The third-order valence-electron chi connectivity index (χ3n) is 5.65. The van der Waals surface area contributed by atoms with Crippen molar-refractivity contribution in [1.82, 2.24) is 30.0 Å². The van der Waals surface area contributed by atoms with Crippen LogP contribution >= 0.6 is 11.3 Å². The van der Waals surface area contributed by atoms with E-state index >= 15 is 0 Å². The summed E-state index contributed by atoms with van der Waals surface area (Å²) in [5.74, 6) is -0.175. The third kappa shape index (κ3) is 4.20. The average molecular weight is 469 g/mol. The van der Waals surface area contributed by atoms with Crippen molar-refractivity contribution in [2.45, 2.75) is 33.4 Å². The Bertz CT molecular complexity index is 1470. The molecule has 5 rings (SSSR count). The van der Waals surface area contributed by atoms with Gasteiger partial charge in [-0.2, -0.15) is 5.10 Å². The molecule has 34 heavy (non-hydrogen) atoms. The van der Waals surface area contributed by atoms with E-state index in [0.29, 0.717) is 17.8 Å². The maximum Gasteiger partial charge on any atom is 0.252 e. The summed E-state index contributed by atoms with van der Waals surface area (Å²) < 4.78 is 1.86. The Balaban J connectivity index is 1.47. The number of hydrogen-bond donors (Lipinski definition) is 1. The Labute approximate surface area is 201 Å². The summed E-state index contributed by atoms with van der Waals surface area (Å²) in [4.78, 5) is 26.9. The van der Waals surface area contributed by atoms with Gasteiger partial charge in [0.2, 0.25) is 0 Å². The van der Waals surface area contributed by atoms with Crippen LogP contribution in [0.2, 0.25) is 0 Å². The topological polar surface area (TPSA) is 85.6 Å². The molecule has 0 bridgehead atoms. The first-order valence-corrected chi connectivity index (χ1v) is 12.0. The second-order valence-electron chi connectivity index (χ2n) is 8.34. The molecule has 7 nitrogen and oxygen atoms in total. The molecule has 0 fully saturated rings. The number of hydrogen-bond acceptors (Lipinski definition) is 6. The molecule has 0 saturated heterocycles. The summed E-state index contributed by atoms with van der Waals surface area (Å²) in [5, 5.41) is 11.1. The largest absolute Gasteiger partial charge is 0.346 e. The molecule has 1 N–H and O–H groups in total. The molecule has 8 heteroatoms. The molecule has 0 radical (unpaired) electrons. The van der Waals surface area contributed by atoms with Crippen LogP contribution in [0.15, 0.2) is 66.4 Å². The number of benzene rings is 1. The Kier molecular flexibility index (Phi) is 5.90. The van der Waals surface area contributed by atoms with Crippen LogP contribution in [0.25, 0.3) is 33.5 Å². The molecule has 0 atom stereocenters. The maximum absolute atomic E-state index is 13.3. The van der Waals surface area contributed by atoms with Crippen LogP contribution in [0.5, 0.6) is 0 Å². The lowest BCUT2D eigenvalue weighted by Crippen LogP contribution is -2.23. The van der Waals surface area contributed by atoms with Gasteiger partial charge in [-0.25, -0.2) is 14.6 Å². The summed E-state index contributed by atoms with van der Waals surface area (Å²) in [6, 6.07) is 13.9. The van der Waals surface area contributed by atoms with E-state index < -0.39 is 0 Å². The standard InChI is InChI=1S/C26H24N6OS/c1-16(2)32-25-21(13-29-32)20(12-22(31-25)19-7-5-4-6-17(19)3)26(33)28-14-24-30-23(15-34-24)18-8-10-27-11-9-18/h4-13,15-16H,14H2,1-3H3,(H,28,33). The molecule has 0 aliphatic heterocycles. The van der Waals surface area contributed by atoms with E-state index in [0.717, 1.165) is 38.5 Å². The number of amides is 1. The molecule has 170 valence electrons. The SMILES string of the molecule is Cc1ccccc1-c1cc(C(=O)NCc2nc(-c3ccncc3)cs2)c2cnn(C(C)C)c2n1. The number of nitrogens with one attached hydrogen (secondary N) is 1. The number of rotatable bonds is 6. The fraction of sp³-hybridized carbons (Fsp3) is 0.192. The lowest BCUT2D eigenvalue weighted by atomic mass is 10.0. The van der Waals surface area contributed by atoms with E-state index in [1.165, 1.54) is 11.3 Å². The number of fused-ring (bicyclic) bond motifs is 1. The van der Waals surface area contributed by atoms with Crippen molar-refractivity contribution in [1.29, 1.82) is 0 Å². The molecule has 4 heterocycles. The van der Waals surface area contributed by atoms with Gasteiger partial charge < -0.3 is 5.32 Å². The predicted octanol–water partition coefficient (Wildman–Crippen LogP) is 5.44. The van der Waals surface area contributed by atoms with Crippen LogP contribution in [-0.4, -0.2) is 30.6 Å². The van der Waals surface area contributed by atoms with Crippen molar-refractivity contribution in [3.8, 4) is 22.5 Å². The second kappa shape index (κ2) is 9.15. The molecule has 0 aliphatic carbocycles. The minimum Gasteiger partial charge on any atom is -0.346 e. The third-order valence-corrected chi connectivity index (χ3v) is 6.50. The summed E-state index contributed by atoms with van der Waals surface area (Å²) >= 11 is 1.52. The molecule has 5 aromatic rings. The highest BCUT2D eigenvalue weighted by Gasteiger charge is 2.19. The number of pyridine rings is 2. The van der Waals surface area contributed by atoms with Gasteiger partial charge in [0.15, 0.2) is 5.65 Å². The number of carbonyl (C=O) groups is 1. The number of aromatic nitrogens is 5. The first-order chi connectivity index (χ1) is 16.5. The van der Waals surface area contributed by atoms with Gasteiger partial charge in [0.25, 0.3) is 5.91 Å². The van der Waals surface area contributed by atoms with E-state index in [9.17, 15) is 4.79 Å². The van der Waals surface area contributed by atoms with Crippen molar-refractivity contribution in [2.24, 2.45) is 0 Å². The molecular formula is C26H24N6OS. The van der Waals surface area contributed by atoms with E-state index in [1.807, 2.05) is 59.5 Å². The lowest BCUT2D eigenvalue weighted by Gasteiger charge is -2.12. The van der Waals surface area contributed by atoms with Crippen molar-refractivity contribution < 1.29 is 4.79 Å². The van der Waals surface area contributed by atoms with Gasteiger partial charge in [-0.15, -0.1) is 11.3 Å². The molecule has 0 aliphatic rings. The van der Waals surface area contributed by atoms with Gasteiger partial charge in [-0.05, 0) is 44.5 Å². The minimum atomic E-state index is -0.175. The van der Waals surface area contributed by atoms with Crippen molar-refractivity contribution in [3.63, 3.8) is 0 Å². The quantitative estimate of drug-likeness (QED) is 0.359. The van der Waals surface area contributed by atoms with Crippen LogP contribution in [-0.2, 0) is 6.54 Å². The number of nitrogens with zero attached hydrogens (tertiary/aromatic N) is 5. The smallest absolute Gasteiger partial charge is 0.252 e. The Morgan fingerprint density at radius 3 is 2.65 bits per heavy atom. The first-order valence-electron chi connectivity index (χ1n) is 11.1. The number of carbonyl (C=O) groups excluding carboxylic acids is 1. The van der Waals surface area contributed by atoms with Crippen molar-refractivity contribution in [3.05, 3.63) is 82.6 Å². The molecular weight excluding hydrogens is 444 g/mol. The Morgan fingerprint density at radius 1 is 1.09 bits per heavy atom. The zero-order valence-corrected chi connectivity index (χ0v) is 20.0. The normalized spacial score (nSPS) is 11.3. The zero-order valence-electron chi connectivity index (χ0n) is 19.2. The fourth-order valence-electron chi connectivity index (χ4n) is 3.88. The Hall–Kier alpha value is -3.91. The second-order valence-corrected chi connectivity index (χ2v) is 9.28.